The van der Waals surface area contributed by atoms with Crippen molar-refractivity contribution in [1.82, 2.24) is 44.1 Å². The van der Waals surface area contributed by atoms with Crippen molar-refractivity contribution in [2.24, 2.45) is 0 Å². The maximum absolute atomic E-state index is 11.9. The number of aromatic carboxylic acids is 1. The molecule has 0 aliphatic heterocycles. The summed E-state index contributed by atoms with van der Waals surface area (Å²) in [5.41, 5.74) is 2.16. The maximum Gasteiger partial charge on any atom is 0.341 e. The lowest BCUT2D eigenvalue weighted by Gasteiger charge is -2.31. The third-order valence-electron chi connectivity index (χ3n) is 13.1. The summed E-state index contributed by atoms with van der Waals surface area (Å²) in [4.78, 5) is 43.8. The molecule has 356 valence electrons. The first-order valence-electron chi connectivity index (χ1n) is 22.9. The SMILES string of the molecule is N#CC1(c2ccnc(Br)c2)CCCC1.N#CCc1ccnc(Br)c1.O=C(O)c1cn(CC2(c3ccnc(-n4cccn4)c3)CCCC2)cc(O)c1=O.[C-]#[N+]C1(c2ccnc(-n3cccn3)c2)CCCC1. The van der Waals surface area contributed by atoms with Gasteiger partial charge in [0.2, 0.25) is 5.43 Å². The highest BCUT2D eigenvalue weighted by Gasteiger charge is 2.42. The van der Waals surface area contributed by atoms with E-state index in [4.69, 9.17) is 11.8 Å². The molecule has 0 unspecified atom stereocenters. The molecule has 0 atom stereocenters. The van der Waals surface area contributed by atoms with Crippen LogP contribution in [0.25, 0.3) is 16.5 Å². The monoisotopic (exact) mass is 1060 g/mol. The molecule has 3 aliphatic rings. The zero-order valence-electron chi connectivity index (χ0n) is 38.3. The number of pyridine rings is 5. The fourth-order valence-electron chi connectivity index (χ4n) is 9.53. The number of carbonyl (C=O) groups is 1. The number of carboxylic acid groups (broad SMARTS) is 1. The van der Waals surface area contributed by atoms with E-state index in [1.807, 2.05) is 73.1 Å². The van der Waals surface area contributed by atoms with Crippen molar-refractivity contribution in [2.45, 2.75) is 106 Å². The van der Waals surface area contributed by atoms with E-state index < -0.39 is 22.7 Å². The minimum absolute atomic E-state index is 0.234. The van der Waals surface area contributed by atoms with E-state index in [0.29, 0.717) is 18.8 Å². The van der Waals surface area contributed by atoms with Crippen LogP contribution < -0.4 is 5.43 Å². The largest absolute Gasteiger partial charge is 0.503 e. The van der Waals surface area contributed by atoms with Crippen LogP contribution in [-0.2, 0) is 29.3 Å². The first kappa shape index (κ1) is 50.5. The number of hydrogen-bond donors (Lipinski definition) is 2. The van der Waals surface area contributed by atoms with Gasteiger partial charge in [-0.3, -0.25) is 4.79 Å². The summed E-state index contributed by atoms with van der Waals surface area (Å²) in [7, 11) is 0. The number of rotatable bonds is 9. The molecule has 7 aromatic rings. The number of hydrogen-bond acceptors (Lipinski definition) is 11. The Balaban J connectivity index is 0.000000148. The molecule has 10 rings (SSSR count). The fraction of sp³-hybridized carbons (Fsp3) is 0.327. The molecule has 7 aromatic heterocycles. The number of aromatic hydroxyl groups is 1. The van der Waals surface area contributed by atoms with Crippen LogP contribution in [0.2, 0.25) is 0 Å². The molecule has 2 N–H and O–H groups in total. The van der Waals surface area contributed by atoms with Crippen LogP contribution in [-0.4, -0.2) is 60.2 Å². The van der Waals surface area contributed by atoms with Gasteiger partial charge >= 0.3 is 5.97 Å². The molecule has 7 heterocycles. The van der Waals surface area contributed by atoms with Gasteiger partial charge in [0, 0.05) is 92.3 Å². The minimum Gasteiger partial charge on any atom is -0.503 e. The van der Waals surface area contributed by atoms with Crippen molar-refractivity contribution in [1.29, 1.82) is 10.5 Å². The summed E-state index contributed by atoms with van der Waals surface area (Å²) < 4.78 is 6.63. The molecular weight excluding hydrogens is 1020 g/mol. The first-order chi connectivity index (χ1) is 33.9. The smallest absolute Gasteiger partial charge is 0.341 e. The van der Waals surface area contributed by atoms with Gasteiger partial charge in [-0.2, -0.15) is 20.7 Å². The highest BCUT2D eigenvalue weighted by atomic mass is 79.9. The molecule has 70 heavy (non-hydrogen) atoms. The fourth-order valence-corrected chi connectivity index (χ4v) is 10.3. The van der Waals surface area contributed by atoms with Gasteiger partial charge in [-0.05, 0) is 148 Å². The summed E-state index contributed by atoms with van der Waals surface area (Å²) in [6.07, 6.45) is 29.6. The predicted octanol–water partition coefficient (Wildman–Crippen LogP) is 10.4. The molecule has 0 bridgehead atoms. The quantitative estimate of drug-likeness (QED) is 0.102. The Morgan fingerprint density at radius 3 is 1.80 bits per heavy atom. The Bertz CT molecular complexity index is 3060. The second kappa shape index (κ2) is 23.3. The summed E-state index contributed by atoms with van der Waals surface area (Å²) >= 11 is 6.55. The zero-order valence-corrected chi connectivity index (χ0v) is 41.5. The van der Waals surface area contributed by atoms with E-state index in [0.717, 1.165) is 114 Å². The second-order valence-electron chi connectivity index (χ2n) is 17.5. The molecule has 3 aliphatic carbocycles. The van der Waals surface area contributed by atoms with Crippen LogP contribution in [0.1, 0.15) is 110 Å². The first-order valence-corrected chi connectivity index (χ1v) is 24.5. The summed E-state index contributed by atoms with van der Waals surface area (Å²) in [5.74, 6) is -0.407. The average Bonchev–Trinajstić information content (AvgIpc) is 4.25. The Morgan fingerprint density at radius 2 is 1.26 bits per heavy atom. The van der Waals surface area contributed by atoms with Crippen molar-refractivity contribution in [2.75, 3.05) is 0 Å². The van der Waals surface area contributed by atoms with Crippen molar-refractivity contribution in [3.8, 4) is 29.5 Å². The lowest BCUT2D eigenvalue weighted by Crippen LogP contribution is -2.30. The van der Waals surface area contributed by atoms with Gasteiger partial charge in [0.1, 0.15) is 14.8 Å². The van der Waals surface area contributed by atoms with Gasteiger partial charge in [-0.25, -0.2) is 40.7 Å². The Labute approximate surface area is 422 Å². The zero-order chi connectivity index (χ0) is 49.6. The van der Waals surface area contributed by atoms with Crippen molar-refractivity contribution in [3.05, 3.63) is 181 Å². The highest BCUT2D eigenvalue weighted by Crippen LogP contribution is 2.44. The van der Waals surface area contributed by atoms with E-state index in [2.05, 4.69) is 79.0 Å². The van der Waals surface area contributed by atoms with Crippen LogP contribution in [0.5, 0.6) is 5.75 Å². The van der Waals surface area contributed by atoms with Crippen molar-refractivity contribution >= 4 is 37.8 Å². The molecule has 0 radical (unpaired) electrons. The van der Waals surface area contributed by atoms with E-state index in [1.54, 1.807) is 51.1 Å². The predicted molar refractivity (Wildman–Crippen MR) is 268 cm³/mol. The van der Waals surface area contributed by atoms with Crippen LogP contribution in [0.4, 0.5) is 0 Å². The van der Waals surface area contributed by atoms with Crippen LogP contribution in [0, 0.1) is 29.2 Å². The topological polar surface area (TPSA) is 219 Å². The number of nitriles is 2. The number of halogens is 2. The molecule has 18 heteroatoms. The standard InChI is InChI=1S/C20H20N4O4.C14H14N4.C11H11BrN2.C7H5BrN2/c25-16-12-23(11-15(18(16)26)19(27)28)13-20(5-1-2-6-20)14-4-8-21-17(10-14)24-9-3-7-22-24;1-15-14(6-2-3-7-14)12-5-9-16-13(11-12)18-10-4-8-17-18;12-10-7-9(3-6-14-10)11(8-13)4-1-2-5-11;8-7-5-6(1-3-9)2-4-10-7/h3-4,7-12,25H,1-2,5-6,13H2,(H,27,28);4-5,8-11H,2-3,6-7H2;3,6-7H,1-2,4-5H2;2,4-5H,1H2. The lowest BCUT2D eigenvalue weighted by atomic mass is 9.79. The number of carboxylic acids is 1. The molecule has 0 amide bonds. The number of aromatic nitrogens is 9. The molecule has 3 fully saturated rings. The average molecular weight is 1070 g/mol. The normalized spacial score (nSPS) is 15.8. The lowest BCUT2D eigenvalue weighted by molar-refractivity contribution is 0.0693. The van der Waals surface area contributed by atoms with Gasteiger partial charge in [0.25, 0.3) is 5.54 Å². The van der Waals surface area contributed by atoms with Gasteiger partial charge in [0.05, 0.1) is 24.0 Å². The maximum atomic E-state index is 11.9. The second-order valence-corrected chi connectivity index (χ2v) is 19.1. The Kier molecular flexibility index (Phi) is 16.8. The van der Waals surface area contributed by atoms with E-state index in [1.165, 1.54) is 12.4 Å². The molecular formula is C52H50Br2N12O4. The van der Waals surface area contributed by atoms with Gasteiger partial charge in [-0.15, -0.1) is 0 Å². The molecule has 0 aromatic carbocycles. The molecule has 0 spiro atoms. The Morgan fingerprint density at radius 1 is 0.714 bits per heavy atom. The van der Waals surface area contributed by atoms with E-state index in [9.17, 15) is 25.1 Å². The van der Waals surface area contributed by atoms with E-state index in [-0.39, 0.29) is 16.4 Å². The van der Waals surface area contributed by atoms with Crippen LogP contribution in [0.15, 0.2) is 137 Å². The van der Waals surface area contributed by atoms with Crippen molar-refractivity contribution in [3.63, 3.8) is 0 Å². The molecule has 3 saturated carbocycles. The van der Waals surface area contributed by atoms with E-state index >= 15 is 0 Å². The Hall–Kier alpha value is -7.33. The summed E-state index contributed by atoms with van der Waals surface area (Å²) in [6, 6.07) is 23.8. The van der Waals surface area contributed by atoms with Gasteiger partial charge in [-0.1, -0.05) is 25.7 Å². The highest BCUT2D eigenvalue weighted by molar-refractivity contribution is 9.10. The summed E-state index contributed by atoms with van der Waals surface area (Å²) in [6.45, 7) is 7.97. The van der Waals surface area contributed by atoms with Crippen molar-refractivity contribution < 1.29 is 15.0 Å². The molecule has 16 nitrogen and oxygen atoms in total. The van der Waals surface area contributed by atoms with Crippen LogP contribution >= 0.6 is 31.9 Å². The van der Waals surface area contributed by atoms with Gasteiger partial charge in [0.15, 0.2) is 17.4 Å². The number of nitrogens with zero attached hydrogens (tertiary/aromatic N) is 12. The van der Waals surface area contributed by atoms with Gasteiger partial charge < -0.3 is 19.6 Å². The molecule has 0 saturated heterocycles. The summed E-state index contributed by atoms with van der Waals surface area (Å²) in [5, 5.41) is 45.2. The minimum atomic E-state index is -1.35. The van der Waals surface area contributed by atoms with Crippen LogP contribution in [0.3, 0.4) is 0 Å². The third kappa shape index (κ3) is 12.1. The third-order valence-corrected chi connectivity index (χ3v) is 14.0.